The highest BCUT2D eigenvalue weighted by atomic mass is 35.5. The normalized spacial score (nSPS) is 15.8. The number of hydrogen-bond acceptors (Lipinski definition) is 3. The molecule has 0 spiro atoms. The second-order valence-electron chi connectivity index (χ2n) is 6.18. The van der Waals surface area contributed by atoms with Crippen molar-refractivity contribution >= 4 is 17.7 Å². The third-order valence-electron chi connectivity index (χ3n) is 3.15. The molecule has 0 aliphatic carbocycles. The molecule has 1 aromatic carbocycles. The van der Waals surface area contributed by atoms with Gasteiger partial charge >= 0.3 is 6.09 Å². The van der Waals surface area contributed by atoms with E-state index in [1.54, 1.807) is 17.0 Å². The van der Waals surface area contributed by atoms with Gasteiger partial charge in [-0.05, 0) is 26.8 Å². The molecule has 1 aromatic rings. The fraction of sp³-hybridized carbons (Fsp3) is 0.533. The van der Waals surface area contributed by atoms with Gasteiger partial charge in [0.05, 0.1) is 5.02 Å². The van der Waals surface area contributed by atoms with Gasteiger partial charge in [0.25, 0.3) is 0 Å². The molecule has 6 heteroatoms. The van der Waals surface area contributed by atoms with E-state index in [0.29, 0.717) is 25.2 Å². The third kappa shape index (κ3) is 4.32. The fourth-order valence-corrected chi connectivity index (χ4v) is 2.22. The minimum atomic E-state index is -0.487. The molecule has 4 nitrogen and oxygen atoms in total. The summed E-state index contributed by atoms with van der Waals surface area (Å²) in [6.45, 7) is 7.03. The first kappa shape index (κ1) is 16.0. The average molecular weight is 315 g/mol. The van der Waals surface area contributed by atoms with E-state index in [-0.39, 0.29) is 17.2 Å². The van der Waals surface area contributed by atoms with E-state index in [9.17, 15) is 9.18 Å². The van der Waals surface area contributed by atoms with Gasteiger partial charge in [-0.1, -0.05) is 23.7 Å². The van der Waals surface area contributed by atoms with Crippen molar-refractivity contribution < 1.29 is 13.9 Å². The molecule has 0 aromatic heterocycles. The van der Waals surface area contributed by atoms with Gasteiger partial charge in [-0.3, -0.25) is 0 Å². The number of halogens is 2. The minimum Gasteiger partial charge on any atom is -0.444 e. The Labute approximate surface area is 129 Å². The Morgan fingerprint density at radius 1 is 1.48 bits per heavy atom. The molecule has 0 saturated carbocycles. The molecule has 21 heavy (non-hydrogen) atoms. The Morgan fingerprint density at radius 2 is 2.14 bits per heavy atom. The van der Waals surface area contributed by atoms with Crippen LogP contribution in [0.4, 0.5) is 9.18 Å². The fourth-order valence-electron chi connectivity index (χ4n) is 2.02. The van der Waals surface area contributed by atoms with Gasteiger partial charge in [0.1, 0.15) is 11.4 Å². The summed E-state index contributed by atoms with van der Waals surface area (Å²) in [7, 11) is 0. The molecule has 0 atom stereocenters. The number of hydrogen-bond donors (Lipinski definition) is 1. The summed E-state index contributed by atoms with van der Waals surface area (Å²) in [4.78, 5) is 13.4. The minimum absolute atomic E-state index is 0.123. The number of ether oxygens (including phenoxy) is 1. The van der Waals surface area contributed by atoms with E-state index in [0.717, 1.165) is 0 Å². The Morgan fingerprint density at radius 3 is 2.76 bits per heavy atom. The van der Waals surface area contributed by atoms with Crippen LogP contribution in [0.2, 0.25) is 5.02 Å². The van der Waals surface area contributed by atoms with Crippen LogP contribution in [0.3, 0.4) is 0 Å². The van der Waals surface area contributed by atoms with Crippen LogP contribution < -0.4 is 5.32 Å². The first-order valence-corrected chi connectivity index (χ1v) is 7.28. The van der Waals surface area contributed by atoms with Gasteiger partial charge in [0.15, 0.2) is 0 Å². The molecule has 0 bridgehead atoms. The molecule has 116 valence electrons. The summed E-state index contributed by atoms with van der Waals surface area (Å²) in [6.07, 6.45) is -0.311. The van der Waals surface area contributed by atoms with E-state index in [1.165, 1.54) is 6.07 Å². The van der Waals surface area contributed by atoms with Crippen LogP contribution in [0.25, 0.3) is 0 Å². The van der Waals surface area contributed by atoms with Crippen LogP contribution in [0.1, 0.15) is 26.3 Å². The van der Waals surface area contributed by atoms with Crippen LogP contribution >= 0.6 is 11.6 Å². The van der Waals surface area contributed by atoms with E-state index in [1.807, 2.05) is 20.8 Å². The van der Waals surface area contributed by atoms with E-state index in [4.69, 9.17) is 16.3 Å². The zero-order valence-electron chi connectivity index (χ0n) is 12.5. The number of carbonyl (C=O) groups excluding carboxylic acids is 1. The molecule has 1 fully saturated rings. The summed E-state index contributed by atoms with van der Waals surface area (Å²) in [6, 6.07) is 5.08. The van der Waals surface area contributed by atoms with Crippen molar-refractivity contribution in [1.82, 2.24) is 10.2 Å². The molecule has 1 heterocycles. The van der Waals surface area contributed by atoms with Crippen LogP contribution in [0.5, 0.6) is 0 Å². The Kier molecular flexibility index (Phi) is 4.74. The van der Waals surface area contributed by atoms with Crippen LogP contribution in [0, 0.1) is 5.82 Å². The third-order valence-corrected chi connectivity index (χ3v) is 3.44. The number of likely N-dealkylation sites (tertiary alicyclic amines) is 1. The SMILES string of the molecule is CC(C)(C)OC(=O)N1CC(NCc2cccc(Cl)c2F)C1. The summed E-state index contributed by atoms with van der Waals surface area (Å²) in [5, 5.41) is 3.33. The average Bonchev–Trinajstić information content (AvgIpc) is 2.30. The van der Waals surface area contributed by atoms with Crippen molar-refractivity contribution in [2.75, 3.05) is 13.1 Å². The quantitative estimate of drug-likeness (QED) is 0.931. The maximum atomic E-state index is 13.7. The van der Waals surface area contributed by atoms with Gasteiger partial charge in [-0.25, -0.2) is 9.18 Å². The Bertz CT molecular complexity index is 525. The van der Waals surface area contributed by atoms with Gasteiger partial charge in [-0.2, -0.15) is 0 Å². The van der Waals surface area contributed by atoms with Crippen molar-refractivity contribution in [1.29, 1.82) is 0 Å². The van der Waals surface area contributed by atoms with Crippen molar-refractivity contribution in [3.8, 4) is 0 Å². The Hall–Kier alpha value is -1.33. The summed E-state index contributed by atoms with van der Waals surface area (Å²) in [5.41, 5.74) is 0.0395. The van der Waals surface area contributed by atoms with Crippen molar-refractivity contribution in [2.24, 2.45) is 0 Å². The largest absolute Gasteiger partial charge is 0.444 e. The lowest BCUT2D eigenvalue weighted by atomic mass is 10.1. The number of rotatable bonds is 3. The molecule has 2 rings (SSSR count). The van der Waals surface area contributed by atoms with Gasteiger partial charge in [0, 0.05) is 31.2 Å². The first-order valence-electron chi connectivity index (χ1n) is 6.90. The summed E-state index contributed by atoms with van der Waals surface area (Å²) >= 11 is 5.73. The van der Waals surface area contributed by atoms with Crippen molar-refractivity contribution in [3.63, 3.8) is 0 Å². The predicted molar refractivity (Wildman–Crippen MR) is 79.8 cm³/mol. The van der Waals surface area contributed by atoms with Crippen LogP contribution in [0.15, 0.2) is 18.2 Å². The van der Waals surface area contributed by atoms with Gasteiger partial charge < -0.3 is 15.0 Å². The lowest BCUT2D eigenvalue weighted by Gasteiger charge is -2.40. The molecule has 1 aliphatic rings. The molecule has 1 N–H and O–H groups in total. The van der Waals surface area contributed by atoms with Gasteiger partial charge in [0.2, 0.25) is 0 Å². The van der Waals surface area contributed by atoms with E-state index < -0.39 is 11.4 Å². The summed E-state index contributed by atoms with van der Waals surface area (Å²) < 4.78 is 19.0. The molecular formula is C15H20ClFN2O2. The highest BCUT2D eigenvalue weighted by molar-refractivity contribution is 6.30. The maximum Gasteiger partial charge on any atom is 0.410 e. The number of amides is 1. The van der Waals surface area contributed by atoms with Crippen LogP contribution in [-0.4, -0.2) is 35.7 Å². The molecule has 0 radical (unpaired) electrons. The second-order valence-corrected chi connectivity index (χ2v) is 6.58. The summed E-state index contributed by atoms with van der Waals surface area (Å²) in [5.74, 6) is -0.394. The van der Waals surface area contributed by atoms with E-state index in [2.05, 4.69) is 5.32 Å². The molecule has 1 saturated heterocycles. The highest BCUT2D eigenvalue weighted by Crippen LogP contribution is 2.19. The zero-order valence-corrected chi connectivity index (χ0v) is 13.2. The maximum absolute atomic E-state index is 13.7. The molecular weight excluding hydrogens is 295 g/mol. The predicted octanol–water partition coefficient (Wildman–Crippen LogP) is 3.19. The Balaban J connectivity index is 1.76. The first-order chi connectivity index (χ1) is 9.76. The number of nitrogens with zero attached hydrogens (tertiary/aromatic N) is 1. The molecule has 0 unspecified atom stereocenters. The highest BCUT2D eigenvalue weighted by Gasteiger charge is 2.33. The zero-order chi connectivity index (χ0) is 15.6. The number of nitrogens with one attached hydrogen (secondary N) is 1. The van der Waals surface area contributed by atoms with Crippen molar-refractivity contribution in [3.05, 3.63) is 34.6 Å². The van der Waals surface area contributed by atoms with Crippen LogP contribution in [-0.2, 0) is 11.3 Å². The molecule has 1 aliphatic heterocycles. The molecule has 1 amide bonds. The lowest BCUT2D eigenvalue weighted by molar-refractivity contribution is 0.00516. The van der Waals surface area contributed by atoms with Crippen molar-refractivity contribution in [2.45, 2.75) is 39.0 Å². The van der Waals surface area contributed by atoms with E-state index >= 15 is 0 Å². The number of carbonyl (C=O) groups is 1. The standard InChI is InChI=1S/C15H20ClFN2O2/c1-15(2,3)21-14(20)19-8-11(9-19)18-7-10-5-4-6-12(16)13(10)17/h4-6,11,18H,7-9H2,1-3H3. The lowest BCUT2D eigenvalue weighted by Crippen LogP contribution is -2.60. The number of benzene rings is 1. The smallest absolute Gasteiger partial charge is 0.410 e. The monoisotopic (exact) mass is 314 g/mol. The van der Waals surface area contributed by atoms with Gasteiger partial charge in [-0.15, -0.1) is 0 Å². The topological polar surface area (TPSA) is 41.6 Å². The second kappa shape index (κ2) is 6.20.